The lowest BCUT2D eigenvalue weighted by atomic mass is 10.2. The number of anilines is 1. The molecular formula is C9H14N4OS. The van der Waals surface area contributed by atoms with E-state index in [1.807, 2.05) is 5.38 Å². The summed E-state index contributed by atoms with van der Waals surface area (Å²) in [5, 5.41) is 5.48. The van der Waals surface area contributed by atoms with Crippen molar-refractivity contribution in [1.29, 1.82) is 0 Å². The van der Waals surface area contributed by atoms with Crippen LogP contribution in [0.5, 0.6) is 0 Å². The standard InChI is InChI=1S/C9H14N4OS/c10-8(11-4-2-1-3-6-14)13-9-12-5-7-15-9/h5-7H,1-4H2,(H3,10,11,12,13). The average Bonchev–Trinajstić information content (AvgIpc) is 2.70. The zero-order valence-electron chi connectivity index (χ0n) is 8.35. The van der Waals surface area contributed by atoms with Crippen molar-refractivity contribution in [3.05, 3.63) is 11.6 Å². The number of nitrogens with one attached hydrogen (secondary N) is 1. The van der Waals surface area contributed by atoms with Crippen molar-refractivity contribution in [3.8, 4) is 0 Å². The number of hydrogen-bond donors (Lipinski definition) is 2. The van der Waals surface area contributed by atoms with Crippen LogP contribution >= 0.6 is 11.3 Å². The Hall–Kier alpha value is -1.43. The second kappa shape index (κ2) is 6.94. The molecule has 1 heterocycles. The van der Waals surface area contributed by atoms with Crippen LogP contribution in [-0.2, 0) is 4.79 Å². The molecule has 0 saturated carbocycles. The molecule has 0 atom stereocenters. The van der Waals surface area contributed by atoms with Crippen molar-refractivity contribution in [2.75, 3.05) is 11.9 Å². The lowest BCUT2D eigenvalue weighted by Gasteiger charge is -2.00. The molecule has 6 heteroatoms. The molecule has 0 aliphatic carbocycles. The molecule has 0 fully saturated rings. The topological polar surface area (TPSA) is 80.4 Å². The van der Waals surface area contributed by atoms with Gasteiger partial charge < -0.3 is 15.8 Å². The fraction of sp³-hybridized carbons (Fsp3) is 0.444. The van der Waals surface area contributed by atoms with Gasteiger partial charge in [-0.25, -0.2) is 4.98 Å². The maximum Gasteiger partial charge on any atom is 0.194 e. The summed E-state index contributed by atoms with van der Waals surface area (Å²) < 4.78 is 0. The molecule has 0 aromatic carbocycles. The summed E-state index contributed by atoms with van der Waals surface area (Å²) in [6.07, 6.45) is 4.94. The van der Waals surface area contributed by atoms with Gasteiger partial charge >= 0.3 is 0 Å². The van der Waals surface area contributed by atoms with Crippen molar-refractivity contribution >= 4 is 28.7 Å². The van der Waals surface area contributed by atoms with E-state index in [0.29, 0.717) is 18.9 Å². The summed E-state index contributed by atoms with van der Waals surface area (Å²) in [6, 6.07) is 0. The molecule has 0 radical (unpaired) electrons. The number of rotatable bonds is 6. The molecular weight excluding hydrogens is 212 g/mol. The van der Waals surface area contributed by atoms with Gasteiger partial charge in [0.05, 0.1) is 0 Å². The smallest absolute Gasteiger partial charge is 0.194 e. The third-order valence-corrected chi connectivity index (χ3v) is 2.37. The Bertz CT molecular complexity index is 310. The molecule has 0 bridgehead atoms. The SMILES string of the molecule is NC(=NCCCCC=O)Nc1nccs1. The number of nitrogens with zero attached hydrogens (tertiary/aromatic N) is 2. The second-order valence-corrected chi connectivity index (χ2v) is 3.79. The van der Waals surface area contributed by atoms with Gasteiger partial charge in [-0.3, -0.25) is 4.99 Å². The quantitative estimate of drug-likeness (QED) is 0.331. The van der Waals surface area contributed by atoms with Crippen LogP contribution in [0.3, 0.4) is 0 Å². The predicted octanol–water partition coefficient (Wildman–Crippen LogP) is 1.24. The molecule has 82 valence electrons. The largest absolute Gasteiger partial charge is 0.370 e. The van der Waals surface area contributed by atoms with Gasteiger partial charge in [0.25, 0.3) is 0 Å². The van der Waals surface area contributed by atoms with Gasteiger partial charge in [0.2, 0.25) is 0 Å². The number of carbonyl (C=O) groups excluding carboxylic acids is 1. The molecule has 0 aliphatic rings. The fourth-order valence-electron chi connectivity index (χ4n) is 0.973. The summed E-state index contributed by atoms with van der Waals surface area (Å²) in [6.45, 7) is 0.637. The maximum absolute atomic E-state index is 10.0. The summed E-state index contributed by atoms with van der Waals surface area (Å²) in [5.74, 6) is 0.371. The third kappa shape index (κ3) is 5.11. The van der Waals surface area contributed by atoms with Gasteiger partial charge in [-0.2, -0.15) is 0 Å². The number of hydrogen-bond acceptors (Lipinski definition) is 4. The zero-order valence-corrected chi connectivity index (χ0v) is 9.17. The molecule has 0 unspecified atom stereocenters. The molecule has 3 N–H and O–H groups in total. The monoisotopic (exact) mass is 226 g/mol. The van der Waals surface area contributed by atoms with Gasteiger partial charge in [-0.1, -0.05) is 0 Å². The number of aliphatic imine (C=N–C) groups is 1. The van der Waals surface area contributed by atoms with Crippen molar-refractivity contribution in [2.45, 2.75) is 19.3 Å². The van der Waals surface area contributed by atoms with Crippen LogP contribution in [0.15, 0.2) is 16.6 Å². The first kappa shape index (κ1) is 11.6. The first-order chi connectivity index (χ1) is 7.33. The van der Waals surface area contributed by atoms with Crippen LogP contribution in [0, 0.1) is 0 Å². The van der Waals surface area contributed by atoms with Crippen LogP contribution in [0.2, 0.25) is 0 Å². The first-order valence-corrected chi connectivity index (χ1v) is 5.61. The van der Waals surface area contributed by atoms with E-state index in [9.17, 15) is 4.79 Å². The van der Waals surface area contributed by atoms with Crippen molar-refractivity contribution < 1.29 is 4.79 Å². The second-order valence-electron chi connectivity index (χ2n) is 2.89. The molecule has 5 nitrogen and oxygen atoms in total. The predicted molar refractivity (Wildman–Crippen MR) is 62.1 cm³/mol. The van der Waals surface area contributed by atoms with E-state index in [0.717, 1.165) is 24.3 Å². The average molecular weight is 226 g/mol. The highest BCUT2D eigenvalue weighted by Gasteiger charge is 1.95. The van der Waals surface area contributed by atoms with Gasteiger partial charge in [0.15, 0.2) is 11.1 Å². The number of thiazole rings is 1. The maximum atomic E-state index is 10.0. The minimum Gasteiger partial charge on any atom is -0.370 e. The highest BCUT2D eigenvalue weighted by molar-refractivity contribution is 7.13. The molecule has 0 aliphatic heterocycles. The summed E-state index contributed by atoms with van der Waals surface area (Å²) in [7, 11) is 0. The Balaban J connectivity index is 2.18. The third-order valence-electron chi connectivity index (χ3n) is 1.68. The summed E-state index contributed by atoms with van der Waals surface area (Å²) >= 11 is 1.47. The normalized spacial score (nSPS) is 11.3. The number of aromatic nitrogens is 1. The molecule has 0 saturated heterocycles. The molecule has 1 rings (SSSR count). The van der Waals surface area contributed by atoms with E-state index < -0.39 is 0 Å². The van der Waals surface area contributed by atoms with Gasteiger partial charge in [-0.05, 0) is 12.8 Å². The van der Waals surface area contributed by atoms with E-state index in [-0.39, 0.29) is 0 Å². The first-order valence-electron chi connectivity index (χ1n) is 4.73. The number of unbranched alkanes of at least 4 members (excludes halogenated alkanes) is 2. The summed E-state index contributed by atoms with van der Waals surface area (Å²) in [5.41, 5.74) is 5.62. The molecule has 1 aromatic heterocycles. The van der Waals surface area contributed by atoms with E-state index in [1.54, 1.807) is 6.20 Å². The van der Waals surface area contributed by atoms with Crippen molar-refractivity contribution in [1.82, 2.24) is 4.98 Å². The lowest BCUT2D eigenvalue weighted by molar-refractivity contribution is -0.107. The number of aldehydes is 1. The molecule has 0 amide bonds. The molecule has 1 aromatic rings. The van der Waals surface area contributed by atoms with Gasteiger partial charge in [0.1, 0.15) is 6.29 Å². The van der Waals surface area contributed by atoms with E-state index in [4.69, 9.17) is 5.73 Å². The van der Waals surface area contributed by atoms with Crippen molar-refractivity contribution in [3.63, 3.8) is 0 Å². The Kier molecular flexibility index (Phi) is 5.39. The minimum absolute atomic E-state index is 0.371. The minimum atomic E-state index is 0.371. The number of nitrogens with two attached hydrogens (primary N) is 1. The van der Waals surface area contributed by atoms with E-state index in [2.05, 4.69) is 15.3 Å². The van der Waals surface area contributed by atoms with Crippen LogP contribution in [-0.4, -0.2) is 23.8 Å². The van der Waals surface area contributed by atoms with Crippen molar-refractivity contribution in [2.24, 2.45) is 10.7 Å². The lowest BCUT2D eigenvalue weighted by Crippen LogP contribution is -2.22. The highest BCUT2D eigenvalue weighted by Crippen LogP contribution is 2.09. The van der Waals surface area contributed by atoms with E-state index >= 15 is 0 Å². The van der Waals surface area contributed by atoms with Crippen LogP contribution < -0.4 is 11.1 Å². The zero-order chi connectivity index (χ0) is 10.9. The van der Waals surface area contributed by atoms with Gasteiger partial charge in [-0.15, -0.1) is 11.3 Å². The van der Waals surface area contributed by atoms with Crippen LogP contribution in [0.4, 0.5) is 5.13 Å². The highest BCUT2D eigenvalue weighted by atomic mass is 32.1. The number of carbonyl (C=O) groups is 1. The molecule has 15 heavy (non-hydrogen) atoms. The molecule has 0 spiro atoms. The number of guanidine groups is 1. The fourth-order valence-corrected chi connectivity index (χ4v) is 1.51. The van der Waals surface area contributed by atoms with Gasteiger partial charge in [0, 0.05) is 24.5 Å². The van der Waals surface area contributed by atoms with Crippen LogP contribution in [0.25, 0.3) is 0 Å². The van der Waals surface area contributed by atoms with Crippen LogP contribution in [0.1, 0.15) is 19.3 Å². The Labute approximate surface area is 92.4 Å². The summed E-state index contributed by atoms with van der Waals surface area (Å²) in [4.78, 5) is 18.2. The Morgan fingerprint density at radius 2 is 2.53 bits per heavy atom. The Morgan fingerprint density at radius 1 is 1.67 bits per heavy atom. The van der Waals surface area contributed by atoms with E-state index in [1.165, 1.54) is 11.3 Å². The Morgan fingerprint density at radius 3 is 3.20 bits per heavy atom.